The van der Waals surface area contributed by atoms with Crippen molar-refractivity contribution in [2.24, 2.45) is 17.3 Å². The van der Waals surface area contributed by atoms with Crippen LogP contribution in [0.2, 0.25) is 22.2 Å². The minimum absolute atomic E-state index is 0.0277. The van der Waals surface area contributed by atoms with Gasteiger partial charge in [-0.15, -0.1) is 0 Å². The minimum Gasteiger partial charge on any atom is -0.518 e. The Kier molecular flexibility index (Phi) is 9.04. The van der Waals surface area contributed by atoms with Gasteiger partial charge in [-0.3, -0.25) is 4.79 Å². The number of carbonyl (C=O) groups is 1. The van der Waals surface area contributed by atoms with Gasteiger partial charge < -0.3 is 17.7 Å². The van der Waals surface area contributed by atoms with Gasteiger partial charge in [-0.25, -0.2) is 0 Å². The molecule has 0 heterocycles. The molecule has 182 valence electrons. The summed E-state index contributed by atoms with van der Waals surface area (Å²) in [6, 6.07) is 0. The van der Waals surface area contributed by atoms with E-state index in [2.05, 4.69) is 48.5 Å². The molecule has 2 bridgehead atoms. The molecule has 2 saturated carbocycles. The summed E-state index contributed by atoms with van der Waals surface area (Å²) in [4.78, 5) is 13.9. The molecule has 0 amide bonds. The van der Waals surface area contributed by atoms with Crippen molar-refractivity contribution in [3.8, 4) is 0 Å². The summed E-state index contributed by atoms with van der Waals surface area (Å²) in [6.07, 6.45) is 3.01. The average Bonchev–Trinajstić information content (AvgIpc) is 3.24. The standard InChI is InChI=1S/C24H48O5Si2/c1-11-26-31(27-12-2,28-13-3)22-15-20-14-21(22)24(10,16-20)23(25)29-30(17(4)5,18(6)7)19(8)9/h17-22H,11-16H2,1-10H3. The highest BCUT2D eigenvalue weighted by atomic mass is 28.4. The van der Waals surface area contributed by atoms with Crippen LogP contribution in [0.25, 0.3) is 0 Å². The molecule has 0 aromatic carbocycles. The zero-order valence-corrected chi connectivity index (χ0v) is 23.7. The second-order valence-corrected chi connectivity index (χ2v) is 19.0. The van der Waals surface area contributed by atoms with E-state index in [0.29, 0.717) is 42.4 Å². The summed E-state index contributed by atoms with van der Waals surface area (Å²) >= 11 is 0. The quantitative estimate of drug-likeness (QED) is 0.301. The fourth-order valence-corrected chi connectivity index (χ4v) is 16.1. The maximum absolute atomic E-state index is 13.9. The Morgan fingerprint density at radius 1 is 0.871 bits per heavy atom. The summed E-state index contributed by atoms with van der Waals surface area (Å²) in [5.41, 5.74) is 0.861. The van der Waals surface area contributed by atoms with Gasteiger partial charge in [0.05, 0.1) is 5.41 Å². The van der Waals surface area contributed by atoms with E-state index in [1.807, 2.05) is 20.8 Å². The van der Waals surface area contributed by atoms with Crippen LogP contribution in [-0.4, -0.2) is 42.9 Å². The van der Waals surface area contributed by atoms with E-state index in [9.17, 15) is 4.79 Å². The molecule has 0 N–H and O–H groups in total. The van der Waals surface area contributed by atoms with E-state index in [0.717, 1.165) is 19.3 Å². The van der Waals surface area contributed by atoms with Gasteiger partial charge in [0.1, 0.15) is 0 Å². The highest BCUT2D eigenvalue weighted by Gasteiger charge is 2.67. The lowest BCUT2D eigenvalue weighted by molar-refractivity contribution is -0.150. The average molecular weight is 473 g/mol. The molecule has 2 rings (SSSR count). The predicted octanol–water partition coefficient (Wildman–Crippen LogP) is 6.56. The largest absolute Gasteiger partial charge is 0.518 e. The fraction of sp³-hybridized carbons (Fsp3) is 0.958. The second-order valence-electron chi connectivity index (χ2n) is 10.8. The third-order valence-corrected chi connectivity index (χ3v) is 17.7. The van der Waals surface area contributed by atoms with Gasteiger partial charge >= 0.3 is 8.80 Å². The highest BCUT2D eigenvalue weighted by Crippen LogP contribution is 2.64. The van der Waals surface area contributed by atoms with Crippen molar-refractivity contribution in [2.75, 3.05) is 19.8 Å². The number of rotatable bonds is 12. The summed E-state index contributed by atoms with van der Waals surface area (Å²) in [7, 11) is -5.15. The SMILES string of the molecule is CCO[Si](OCC)(OCC)C1CC2CC1C(C)(C(=O)O[Si](C(C)C)(C(C)C)C(C)C)C2. The number of carbonyl (C=O) groups excluding carboxylic acids is 1. The molecule has 0 aromatic rings. The number of fused-ring (bicyclic) bond motifs is 2. The summed E-state index contributed by atoms with van der Waals surface area (Å²) in [6.45, 7) is 23.3. The van der Waals surface area contributed by atoms with E-state index in [4.69, 9.17) is 17.7 Å². The lowest BCUT2D eigenvalue weighted by atomic mass is 9.74. The molecule has 7 heteroatoms. The maximum atomic E-state index is 13.9. The Bertz CT molecular complexity index is 570. The van der Waals surface area contributed by atoms with Gasteiger partial charge in [0.15, 0.2) is 0 Å². The topological polar surface area (TPSA) is 54.0 Å². The molecule has 0 saturated heterocycles. The lowest BCUT2D eigenvalue weighted by Gasteiger charge is -2.47. The molecule has 2 fully saturated rings. The van der Waals surface area contributed by atoms with Crippen LogP contribution in [0.3, 0.4) is 0 Å². The Morgan fingerprint density at radius 3 is 1.68 bits per heavy atom. The van der Waals surface area contributed by atoms with Crippen LogP contribution in [0.5, 0.6) is 0 Å². The smallest absolute Gasteiger partial charge is 0.504 e. The van der Waals surface area contributed by atoms with Crippen LogP contribution < -0.4 is 0 Å². The monoisotopic (exact) mass is 472 g/mol. The fourth-order valence-electron chi connectivity index (χ4n) is 7.07. The molecule has 4 atom stereocenters. The first kappa shape index (κ1) is 27.0. The summed E-state index contributed by atoms with van der Waals surface area (Å²) < 4.78 is 25.6. The molecule has 0 radical (unpaired) electrons. The molecule has 31 heavy (non-hydrogen) atoms. The molecule has 4 unspecified atom stereocenters. The summed E-state index contributed by atoms with van der Waals surface area (Å²) in [5.74, 6) is 0.758. The first-order valence-corrected chi connectivity index (χ1v) is 16.5. The summed E-state index contributed by atoms with van der Waals surface area (Å²) in [5, 5.41) is 0. The Morgan fingerprint density at radius 2 is 1.32 bits per heavy atom. The van der Waals surface area contributed by atoms with E-state index >= 15 is 0 Å². The van der Waals surface area contributed by atoms with Crippen LogP contribution in [0.15, 0.2) is 0 Å². The molecule has 2 aliphatic rings. The van der Waals surface area contributed by atoms with E-state index in [1.54, 1.807) is 0 Å². The molecule has 0 spiro atoms. The van der Waals surface area contributed by atoms with Crippen molar-refractivity contribution in [1.29, 1.82) is 0 Å². The number of hydrogen-bond acceptors (Lipinski definition) is 5. The lowest BCUT2D eigenvalue weighted by Crippen LogP contribution is -2.57. The van der Waals surface area contributed by atoms with E-state index in [-0.39, 0.29) is 17.4 Å². The van der Waals surface area contributed by atoms with Gasteiger partial charge in [0.25, 0.3) is 14.3 Å². The Balaban J connectivity index is 2.38. The molecule has 5 nitrogen and oxygen atoms in total. The Hall–Kier alpha value is -0.216. The molecule has 2 aliphatic carbocycles. The maximum Gasteiger partial charge on any atom is 0.504 e. The third-order valence-electron chi connectivity index (χ3n) is 8.12. The Labute approximate surface area is 193 Å². The van der Waals surface area contributed by atoms with Gasteiger partial charge in [-0.05, 0) is 75.4 Å². The van der Waals surface area contributed by atoms with Gasteiger partial charge in [0, 0.05) is 25.4 Å². The molecular formula is C24H48O5Si2. The van der Waals surface area contributed by atoms with Crippen molar-refractivity contribution in [3.63, 3.8) is 0 Å². The normalized spacial score (nSPS) is 28.9. The van der Waals surface area contributed by atoms with Gasteiger partial charge in [-0.1, -0.05) is 41.5 Å². The zero-order chi connectivity index (χ0) is 23.6. The predicted molar refractivity (Wildman–Crippen MR) is 130 cm³/mol. The van der Waals surface area contributed by atoms with Crippen molar-refractivity contribution >= 4 is 23.1 Å². The van der Waals surface area contributed by atoms with Crippen molar-refractivity contribution < 1.29 is 22.5 Å². The van der Waals surface area contributed by atoms with Crippen LogP contribution in [0.4, 0.5) is 0 Å². The van der Waals surface area contributed by atoms with Crippen LogP contribution in [-0.2, 0) is 22.5 Å². The first-order chi connectivity index (χ1) is 14.4. The van der Waals surface area contributed by atoms with Crippen LogP contribution >= 0.6 is 0 Å². The van der Waals surface area contributed by atoms with Crippen molar-refractivity contribution in [2.45, 2.75) is 111 Å². The van der Waals surface area contributed by atoms with Crippen molar-refractivity contribution in [3.05, 3.63) is 0 Å². The number of hydrogen-bond donors (Lipinski definition) is 0. The minimum atomic E-state index is -2.87. The van der Waals surface area contributed by atoms with Crippen LogP contribution in [0.1, 0.15) is 88.5 Å². The third kappa shape index (κ3) is 4.72. The second kappa shape index (κ2) is 10.4. The van der Waals surface area contributed by atoms with Crippen LogP contribution in [0, 0.1) is 17.3 Å². The first-order valence-electron chi connectivity index (χ1n) is 12.6. The van der Waals surface area contributed by atoms with E-state index < -0.39 is 22.5 Å². The molecular weight excluding hydrogens is 424 g/mol. The van der Waals surface area contributed by atoms with E-state index in [1.165, 1.54) is 0 Å². The highest BCUT2D eigenvalue weighted by molar-refractivity contribution is 6.79. The van der Waals surface area contributed by atoms with Gasteiger partial charge in [0.2, 0.25) is 0 Å². The molecule has 0 aromatic heterocycles. The van der Waals surface area contributed by atoms with Gasteiger partial charge in [-0.2, -0.15) is 0 Å². The molecule has 0 aliphatic heterocycles. The van der Waals surface area contributed by atoms with Crippen molar-refractivity contribution in [1.82, 2.24) is 0 Å². The zero-order valence-electron chi connectivity index (χ0n) is 21.7.